The highest BCUT2D eigenvalue weighted by Gasteiger charge is 2.38. The van der Waals surface area contributed by atoms with Gasteiger partial charge in [-0.3, -0.25) is 9.59 Å². The fourth-order valence-electron chi connectivity index (χ4n) is 2.35. The molecule has 0 bridgehead atoms. The third-order valence-electron chi connectivity index (χ3n) is 3.91. The van der Waals surface area contributed by atoms with E-state index in [1.807, 2.05) is 27.7 Å². The number of likely N-dealkylation sites (tertiary alicyclic amines) is 1. The standard InChI is InChI=1S/C14H27N3O2/c1-8(2)11(15)13(18)10-6-5-7-17(10)14(19)12(16)9(3)4/h8-12H,5-7,15-16H2,1-4H3. The van der Waals surface area contributed by atoms with Gasteiger partial charge in [-0.2, -0.15) is 0 Å². The second kappa shape index (κ2) is 6.48. The van der Waals surface area contributed by atoms with Gasteiger partial charge in [-0.05, 0) is 24.7 Å². The molecule has 1 heterocycles. The quantitative estimate of drug-likeness (QED) is 0.761. The van der Waals surface area contributed by atoms with Crippen molar-refractivity contribution in [2.24, 2.45) is 23.3 Å². The van der Waals surface area contributed by atoms with Gasteiger partial charge in [-0.1, -0.05) is 27.7 Å². The van der Waals surface area contributed by atoms with Gasteiger partial charge in [0.15, 0.2) is 5.78 Å². The molecule has 1 saturated heterocycles. The van der Waals surface area contributed by atoms with E-state index >= 15 is 0 Å². The Hall–Kier alpha value is -0.940. The van der Waals surface area contributed by atoms with Crippen LogP contribution < -0.4 is 11.5 Å². The number of carbonyl (C=O) groups excluding carboxylic acids is 2. The van der Waals surface area contributed by atoms with Gasteiger partial charge in [0.2, 0.25) is 5.91 Å². The van der Waals surface area contributed by atoms with Gasteiger partial charge >= 0.3 is 0 Å². The number of nitrogens with two attached hydrogens (primary N) is 2. The molecule has 3 atom stereocenters. The minimum Gasteiger partial charge on any atom is -0.331 e. The number of rotatable bonds is 5. The van der Waals surface area contributed by atoms with Crippen LogP contribution in [-0.4, -0.2) is 41.3 Å². The monoisotopic (exact) mass is 269 g/mol. The van der Waals surface area contributed by atoms with Crippen LogP contribution >= 0.6 is 0 Å². The lowest BCUT2D eigenvalue weighted by atomic mass is 9.94. The molecule has 0 aromatic carbocycles. The summed E-state index contributed by atoms with van der Waals surface area (Å²) in [6, 6.07) is -1.42. The third kappa shape index (κ3) is 3.54. The van der Waals surface area contributed by atoms with Gasteiger partial charge in [-0.15, -0.1) is 0 Å². The summed E-state index contributed by atoms with van der Waals surface area (Å²) in [7, 11) is 0. The smallest absolute Gasteiger partial charge is 0.240 e. The number of hydrogen-bond donors (Lipinski definition) is 2. The zero-order valence-corrected chi connectivity index (χ0v) is 12.4. The average Bonchev–Trinajstić information content (AvgIpc) is 2.83. The lowest BCUT2D eigenvalue weighted by Crippen LogP contribution is -2.54. The molecule has 0 aromatic rings. The van der Waals surface area contributed by atoms with Crippen molar-refractivity contribution in [3.05, 3.63) is 0 Å². The number of nitrogens with zero attached hydrogens (tertiary/aromatic N) is 1. The van der Waals surface area contributed by atoms with Crippen molar-refractivity contribution in [2.45, 2.75) is 58.7 Å². The molecule has 0 saturated carbocycles. The number of carbonyl (C=O) groups is 2. The van der Waals surface area contributed by atoms with E-state index in [0.29, 0.717) is 13.0 Å². The summed E-state index contributed by atoms with van der Waals surface area (Å²) in [5.41, 5.74) is 11.8. The summed E-state index contributed by atoms with van der Waals surface area (Å²) in [5.74, 6) is 0.00469. The fourth-order valence-corrected chi connectivity index (χ4v) is 2.35. The highest BCUT2D eigenvalue weighted by atomic mass is 16.2. The maximum atomic E-state index is 12.3. The van der Waals surface area contributed by atoms with E-state index in [9.17, 15) is 9.59 Å². The Labute approximate surface area is 115 Å². The summed E-state index contributed by atoms with van der Waals surface area (Å²) in [6.07, 6.45) is 1.55. The van der Waals surface area contributed by atoms with Crippen molar-refractivity contribution in [3.8, 4) is 0 Å². The Morgan fingerprint density at radius 2 is 1.58 bits per heavy atom. The maximum Gasteiger partial charge on any atom is 0.240 e. The van der Waals surface area contributed by atoms with Crippen LogP contribution in [0.2, 0.25) is 0 Å². The van der Waals surface area contributed by atoms with E-state index in [1.165, 1.54) is 0 Å². The molecule has 19 heavy (non-hydrogen) atoms. The molecule has 4 N–H and O–H groups in total. The zero-order chi connectivity index (χ0) is 14.7. The van der Waals surface area contributed by atoms with Gasteiger partial charge < -0.3 is 16.4 Å². The largest absolute Gasteiger partial charge is 0.331 e. The SMILES string of the molecule is CC(C)C(N)C(=O)C1CCCN1C(=O)C(N)C(C)C. The van der Waals surface area contributed by atoms with E-state index in [2.05, 4.69) is 0 Å². The molecule has 1 aliphatic rings. The molecule has 1 aliphatic heterocycles. The lowest BCUT2D eigenvalue weighted by Gasteiger charge is -2.30. The first-order chi connectivity index (χ1) is 8.77. The van der Waals surface area contributed by atoms with Crippen LogP contribution in [0.15, 0.2) is 0 Å². The van der Waals surface area contributed by atoms with Crippen LogP contribution in [0.4, 0.5) is 0 Å². The van der Waals surface area contributed by atoms with Crippen molar-refractivity contribution in [1.82, 2.24) is 4.90 Å². The van der Waals surface area contributed by atoms with Gasteiger partial charge in [0.25, 0.3) is 0 Å². The maximum absolute atomic E-state index is 12.3. The predicted molar refractivity (Wildman–Crippen MR) is 75.4 cm³/mol. The van der Waals surface area contributed by atoms with Crippen LogP contribution in [0.3, 0.4) is 0 Å². The zero-order valence-electron chi connectivity index (χ0n) is 12.4. The van der Waals surface area contributed by atoms with E-state index in [4.69, 9.17) is 11.5 Å². The first kappa shape index (κ1) is 16.1. The molecule has 0 aromatic heterocycles. The van der Waals surface area contributed by atoms with E-state index in [0.717, 1.165) is 6.42 Å². The molecule has 110 valence electrons. The van der Waals surface area contributed by atoms with E-state index < -0.39 is 12.1 Å². The van der Waals surface area contributed by atoms with Crippen molar-refractivity contribution in [3.63, 3.8) is 0 Å². The highest BCUT2D eigenvalue weighted by molar-refractivity contribution is 5.94. The highest BCUT2D eigenvalue weighted by Crippen LogP contribution is 2.22. The van der Waals surface area contributed by atoms with Gasteiger partial charge in [0.05, 0.1) is 18.1 Å². The van der Waals surface area contributed by atoms with Crippen molar-refractivity contribution >= 4 is 11.7 Å². The topological polar surface area (TPSA) is 89.4 Å². The summed E-state index contributed by atoms with van der Waals surface area (Å²) in [4.78, 5) is 26.3. The first-order valence-electron chi connectivity index (χ1n) is 7.12. The number of Topliss-reactive ketones (excluding diaryl/α,β-unsaturated/α-hetero) is 1. The summed E-state index contributed by atoms with van der Waals surface area (Å²) >= 11 is 0. The fraction of sp³-hybridized carbons (Fsp3) is 0.857. The first-order valence-corrected chi connectivity index (χ1v) is 7.12. The minimum absolute atomic E-state index is 0.0307. The summed E-state index contributed by atoms with van der Waals surface area (Å²) < 4.78 is 0. The van der Waals surface area contributed by atoms with Crippen LogP contribution in [-0.2, 0) is 9.59 Å². The molecule has 5 heteroatoms. The Morgan fingerprint density at radius 1 is 1.05 bits per heavy atom. The molecule has 0 aliphatic carbocycles. The van der Waals surface area contributed by atoms with E-state index in [-0.39, 0.29) is 29.6 Å². The predicted octanol–water partition coefficient (Wildman–Crippen LogP) is 0.513. The second-order valence-electron chi connectivity index (χ2n) is 6.13. The molecule has 3 unspecified atom stereocenters. The van der Waals surface area contributed by atoms with Crippen LogP contribution in [0, 0.1) is 11.8 Å². The number of hydrogen-bond acceptors (Lipinski definition) is 4. The Bertz CT molecular complexity index is 310. The molecule has 1 fully saturated rings. The Morgan fingerprint density at radius 3 is 2.05 bits per heavy atom. The summed E-state index contributed by atoms with van der Waals surface area (Å²) in [5, 5.41) is 0. The molecule has 0 spiro atoms. The lowest BCUT2D eigenvalue weighted by molar-refractivity contribution is -0.140. The Kier molecular flexibility index (Phi) is 5.50. The van der Waals surface area contributed by atoms with Crippen molar-refractivity contribution in [2.75, 3.05) is 6.54 Å². The minimum atomic E-state index is -0.538. The molecule has 1 amide bonds. The molecule has 5 nitrogen and oxygen atoms in total. The molecule has 0 radical (unpaired) electrons. The summed E-state index contributed by atoms with van der Waals surface area (Å²) in [6.45, 7) is 8.28. The van der Waals surface area contributed by atoms with Gasteiger partial charge in [0, 0.05) is 6.54 Å². The van der Waals surface area contributed by atoms with Crippen molar-refractivity contribution < 1.29 is 9.59 Å². The number of amides is 1. The normalized spacial score (nSPS) is 22.9. The Balaban J connectivity index is 2.79. The molecule has 1 rings (SSSR count). The van der Waals surface area contributed by atoms with Gasteiger partial charge in [0.1, 0.15) is 0 Å². The molecular weight excluding hydrogens is 242 g/mol. The van der Waals surface area contributed by atoms with Gasteiger partial charge in [-0.25, -0.2) is 0 Å². The van der Waals surface area contributed by atoms with E-state index in [1.54, 1.807) is 4.90 Å². The average molecular weight is 269 g/mol. The number of ketones is 1. The van der Waals surface area contributed by atoms with Crippen molar-refractivity contribution in [1.29, 1.82) is 0 Å². The van der Waals surface area contributed by atoms with Crippen LogP contribution in [0.1, 0.15) is 40.5 Å². The third-order valence-corrected chi connectivity index (χ3v) is 3.91. The van der Waals surface area contributed by atoms with Crippen LogP contribution in [0.25, 0.3) is 0 Å². The van der Waals surface area contributed by atoms with Crippen LogP contribution in [0.5, 0.6) is 0 Å². The second-order valence-corrected chi connectivity index (χ2v) is 6.13. The molecular formula is C14H27N3O2.